The standard InChI is InChI=1S/C21H13F4N3O6/c22-14-3-2-12(34-21(23,24)25)9-15(14)26-20(31)33-10-11-1-4-16(18-13(11)6-8-32-18)28-7-5-17(29)27-19(28)30/h1-9H,10H2,(H,26,31)(H,27,29,30). The topological polar surface area (TPSA) is 116 Å². The molecule has 0 fully saturated rings. The van der Waals surface area contributed by atoms with E-state index in [1.165, 1.54) is 24.6 Å². The summed E-state index contributed by atoms with van der Waals surface area (Å²) in [5, 5.41) is 2.49. The molecule has 9 nitrogen and oxygen atoms in total. The highest BCUT2D eigenvalue weighted by atomic mass is 19.4. The largest absolute Gasteiger partial charge is 0.573 e. The third-order valence-electron chi connectivity index (χ3n) is 4.54. The van der Waals surface area contributed by atoms with E-state index in [2.05, 4.69) is 9.72 Å². The lowest BCUT2D eigenvalue weighted by atomic mass is 10.1. The van der Waals surface area contributed by atoms with E-state index in [1.807, 2.05) is 5.32 Å². The molecule has 2 aromatic heterocycles. The van der Waals surface area contributed by atoms with Crippen LogP contribution in [0.3, 0.4) is 0 Å². The van der Waals surface area contributed by atoms with Gasteiger partial charge in [-0.1, -0.05) is 6.07 Å². The first kappa shape index (κ1) is 22.6. The number of carbonyl (C=O) groups is 1. The number of aromatic amines is 1. The molecule has 0 bridgehead atoms. The predicted molar refractivity (Wildman–Crippen MR) is 109 cm³/mol. The molecular weight excluding hydrogens is 466 g/mol. The molecule has 0 saturated heterocycles. The average molecular weight is 479 g/mol. The lowest BCUT2D eigenvalue weighted by Gasteiger charge is -2.12. The van der Waals surface area contributed by atoms with E-state index in [9.17, 15) is 31.9 Å². The van der Waals surface area contributed by atoms with Crippen LogP contribution in [0, 0.1) is 5.82 Å². The lowest BCUT2D eigenvalue weighted by Crippen LogP contribution is -2.27. The third kappa shape index (κ3) is 4.92. The number of furan rings is 1. The van der Waals surface area contributed by atoms with Gasteiger partial charge in [-0.15, -0.1) is 13.2 Å². The number of anilines is 1. The molecule has 34 heavy (non-hydrogen) atoms. The minimum atomic E-state index is -4.99. The number of ether oxygens (including phenoxy) is 2. The lowest BCUT2D eigenvalue weighted by molar-refractivity contribution is -0.274. The fraction of sp³-hybridized carbons (Fsp3) is 0.0952. The summed E-state index contributed by atoms with van der Waals surface area (Å²) in [5.41, 5.74) is -0.799. The first-order valence-electron chi connectivity index (χ1n) is 9.41. The SMILES string of the molecule is O=C(Nc1cc(OC(F)(F)F)ccc1F)OCc1ccc(-n2ccc(=O)[nH]c2=O)c2occc12. The van der Waals surface area contributed by atoms with E-state index in [0.717, 1.165) is 16.7 Å². The van der Waals surface area contributed by atoms with Gasteiger partial charge in [-0.05, 0) is 24.3 Å². The number of H-pyrrole nitrogens is 1. The second-order valence-corrected chi connectivity index (χ2v) is 6.78. The molecule has 0 aliphatic heterocycles. The number of amides is 1. The Morgan fingerprint density at radius 3 is 2.65 bits per heavy atom. The molecule has 1 amide bonds. The van der Waals surface area contributed by atoms with Crippen molar-refractivity contribution in [2.24, 2.45) is 0 Å². The van der Waals surface area contributed by atoms with Crippen LogP contribution in [0.5, 0.6) is 5.75 Å². The van der Waals surface area contributed by atoms with Crippen molar-refractivity contribution in [2.45, 2.75) is 13.0 Å². The maximum absolute atomic E-state index is 13.9. The highest BCUT2D eigenvalue weighted by Gasteiger charge is 2.31. The van der Waals surface area contributed by atoms with Crippen LogP contribution in [-0.4, -0.2) is 22.0 Å². The van der Waals surface area contributed by atoms with E-state index < -0.39 is 41.0 Å². The zero-order valence-corrected chi connectivity index (χ0v) is 16.8. The summed E-state index contributed by atoms with van der Waals surface area (Å²) in [6.45, 7) is -0.316. The first-order valence-corrected chi connectivity index (χ1v) is 9.41. The zero-order chi connectivity index (χ0) is 24.5. The van der Waals surface area contributed by atoms with Gasteiger partial charge in [0.1, 0.15) is 18.2 Å². The van der Waals surface area contributed by atoms with Crippen LogP contribution in [0.4, 0.5) is 28.0 Å². The van der Waals surface area contributed by atoms with Crippen molar-refractivity contribution in [3.8, 4) is 11.4 Å². The van der Waals surface area contributed by atoms with Gasteiger partial charge in [-0.3, -0.25) is 19.7 Å². The molecular formula is C21H13F4N3O6. The summed E-state index contributed by atoms with van der Waals surface area (Å²) in [5.74, 6) is -1.73. The first-order chi connectivity index (χ1) is 16.1. The molecule has 4 rings (SSSR count). The highest BCUT2D eigenvalue weighted by Crippen LogP contribution is 2.28. The van der Waals surface area contributed by atoms with Crippen molar-refractivity contribution in [3.05, 3.63) is 87.1 Å². The van der Waals surface area contributed by atoms with E-state index >= 15 is 0 Å². The van der Waals surface area contributed by atoms with Crippen LogP contribution < -0.4 is 21.3 Å². The van der Waals surface area contributed by atoms with E-state index in [4.69, 9.17) is 9.15 Å². The summed E-state index contributed by atoms with van der Waals surface area (Å²) in [6, 6.07) is 7.87. The molecule has 0 radical (unpaired) electrons. The quantitative estimate of drug-likeness (QED) is 0.417. The molecule has 2 aromatic carbocycles. The molecule has 2 N–H and O–H groups in total. The van der Waals surface area contributed by atoms with Crippen LogP contribution in [0.15, 0.2) is 68.9 Å². The smallest absolute Gasteiger partial charge is 0.462 e. The number of halogens is 4. The van der Waals surface area contributed by atoms with E-state index in [0.29, 0.717) is 28.8 Å². The fourth-order valence-electron chi connectivity index (χ4n) is 3.11. The number of hydrogen-bond acceptors (Lipinski definition) is 6. The number of benzene rings is 2. The van der Waals surface area contributed by atoms with Gasteiger partial charge >= 0.3 is 18.1 Å². The Morgan fingerprint density at radius 1 is 1.12 bits per heavy atom. The number of rotatable bonds is 5. The Bertz CT molecular complexity index is 1490. The molecule has 176 valence electrons. The van der Waals surface area contributed by atoms with Gasteiger partial charge in [0.2, 0.25) is 0 Å². The predicted octanol–water partition coefficient (Wildman–Crippen LogP) is 4.06. The summed E-state index contributed by atoms with van der Waals surface area (Å²) in [6.07, 6.45) is -3.51. The van der Waals surface area contributed by atoms with Gasteiger partial charge in [0.15, 0.2) is 5.58 Å². The maximum Gasteiger partial charge on any atom is 0.573 e. The molecule has 0 saturated carbocycles. The Morgan fingerprint density at radius 2 is 1.91 bits per heavy atom. The minimum Gasteiger partial charge on any atom is -0.462 e. The molecule has 0 spiro atoms. The highest BCUT2D eigenvalue weighted by molar-refractivity contribution is 5.89. The van der Waals surface area contributed by atoms with Crippen molar-refractivity contribution in [2.75, 3.05) is 5.32 Å². The Balaban J connectivity index is 1.51. The van der Waals surface area contributed by atoms with Gasteiger partial charge in [0, 0.05) is 29.3 Å². The molecule has 0 unspecified atom stereocenters. The molecule has 0 aliphatic carbocycles. The second kappa shape index (κ2) is 8.77. The van der Waals surface area contributed by atoms with Crippen LogP contribution >= 0.6 is 0 Å². The summed E-state index contributed by atoms with van der Waals surface area (Å²) >= 11 is 0. The number of nitrogens with one attached hydrogen (secondary N) is 2. The van der Waals surface area contributed by atoms with E-state index in [-0.39, 0.29) is 12.2 Å². The van der Waals surface area contributed by atoms with Crippen molar-refractivity contribution < 1.29 is 36.2 Å². The Hall–Kier alpha value is -4.55. The van der Waals surface area contributed by atoms with Gasteiger partial charge < -0.3 is 13.9 Å². The van der Waals surface area contributed by atoms with Crippen LogP contribution in [0.25, 0.3) is 16.7 Å². The zero-order valence-electron chi connectivity index (χ0n) is 16.8. The maximum atomic E-state index is 13.9. The molecule has 2 heterocycles. The van der Waals surface area contributed by atoms with Gasteiger partial charge in [0.05, 0.1) is 17.6 Å². The third-order valence-corrected chi connectivity index (χ3v) is 4.54. The monoisotopic (exact) mass is 479 g/mol. The number of aromatic nitrogens is 2. The normalized spacial score (nSPS) is 11.4. The molecule has 13 heteroatoms. The average Bonchev–Trinajstić information content (AvgIpc) is 3.24. The van der Waals surface area contributed by atoms with Gasteiger partial charge in [-0.25, -0.2) is 14.0 Å². The fourth-order valence-corrected chi connectivity index (χ4v) is 3.11. The van der Waals surface area contributed by atoms with Crippen molar-refractivity contribution in [1.29, 1.82) is 0 Å². The van der Waals surface area contributed by atoms with Crippen molar-refractivity contribution in [3.63, 3.8) is 0 Å². The molecule has 0 atom stereocenters. The number of hydrogen-bond donors (Lipinski definition) is 2. The second-order valence-electron chi connectivity index (χ2n) is 6.78. The van der Waals surface area contributed by atoms with Gasteiger partial charge in [-0.2, -0.15) is 0 Å². The number of carbonyl (C=O) groups excluding carboxylic acids is 1. The van der Waals surface area contributed by atoms with Crippen LogP contribution in [0.2, 0.25) is 0 Å². The van der Waals surface area contributed by atoms with Crippen LogP contribution in [-0.2, 0) is 11.3 Å². The summed E-state index contributed by atoms with van der Waals surface area (Å²) in [7, 11) is 0. The molecule has 4 aromatic rings. The Kier molecular flexibility index (Phi) is 5.84. The Labute approximate surface area is 186 Å². The number of fused-ring (bicyclic) bond motifs is 1. The summed E-state index contributed by atoms with van der Waals surface area (Å²) < 4.78 is 66.3. The van der Waals surface area contributed by atoms with Crippen LogP contribution in [0.1, 0.15) is 5.56 Å². The van der Waals surface area contributed by atoms with Gasteiger partial charge in [0.25, 0.3) is 5.56 Å². The number of alkyl halides is 3. The number of nitrogens with zero attached hydrogens (tertiary/aromatic N) is 1. The summed E-state index contributed by atoms with van der Waals surface area (Å²) in [4.78, 5) is 37.6. The molecule has 0 aliphatic rings. The van der Waals surface area contributed by atoms with Crippen molar-refractivity contribution >= 4 is 22.7 Å². The van der Waals surface area contributed by atoms with Crippen molar-refractivity contribution in [1.82, 2.24) is 9.55 Å². The minimum absolute atomic E-state index is 0.263. The van der Waals surface area contributed by atoms with E-state index in [1.54, 1.807) is 6.07 Å².